The zero-order chi connectivity index (χ0) is 13.8. The Bertz CT molecular complexity index is 436. The van der Waals surface area contributed by atoms with Gasteiger partial charge in [-0.15, -0.1) is 11.3 Å². The number of carbonyl (C=O) groups excluding carboxylic acids is 1. The summed E-state index contributed by atoms with van der Waals surface area (Å²) in [6.45, 7) is 4.91. The van der Waals surface area contributed by atoms with E-state index in [0.717, 1.165) is 30.8 Å². The Hall–Kier alpha value is -1.07. The first kappa shape index (κ1) is 14.3. The number of likely N-dealkylation sites (tertiary alicyclic amines) is 1. The molecule has 4 nitrogen and oxygen atoms in total. The van der Waals surface area contributed by atoms with Crippen molar-refractivity contribution in [3.8, 4) is 5.75 Å². The highest BCUT2D eigenvalue weighted by atomic mass is 32.1. The molecule has 0 N–H and O–H groups in total. The highest BCUT2D eigenvalue weighted by Crippen LogP contribution is 2.30. The van der Waals surface area contributed by atoms with Crippen LogP contribution in [0.2, 0.25) is 0 Å². The number of hydrogen-bond donors (Lipinski definition) is 0. The number of rotatable bonds is 4. The third-order valence-electron chi connectivity index (χ3n) is 3.50. The van der Waals surface area contributed by atoms with Crippen molar-refractivity contribution in [1.82, 2.24) is 4.90 Å². The Kier molecular flexibility index (Phi) is 4.82. The predicted octanol–water partition coefficient (Wildman–Crippen LogP) is 2.56. The largest absolute Gasteiger partial charge is 0.491 e. The average Bonchev–Trinajstić information content (AvgIpc) is 2.78. The molecule has 1 aromatic rings. The van der Waals surface area contributed by atoms with E-state index in [1.165, 1.54) is 18.4 Å². The maximum absolute atomic E-state index is 11.6. The summed E-state index contributed by atoms with van der Waals surface area (Å²) in [5.41, 5.74) is 0. The Balaban J connectivity index is 1.94. The van der Waals surface area contributed by atoms with Gasteiger partial charge >= 0.3 is 5.97 Å². The number of thiophene rings is 1. The Morgan fingerprint density at radius 1 is 1.47 bits per heavy atom. The lowest BCUT2D eigenvalue weighted by Crippen LogP contribution is -2.32. The van der Waals surface area contributed by atoms with Crippen molar-refractivity contribution in [3.05, 3.63) is 15.8 Å². The molecular weight excluding hydrogens is 262 g/mol. The molecule has 0 unspecified atom stereocenters. The fourth-order valence-corrected chi connectivity index (χ4v) is 3.14. The second kappa shape index (κ2) is 6.39. The standard InChI is InChI=1S/C14H21NO3S/c1-10-8-12(13(19-10)14(16)17-3)18-9-11-4-6-15(2)7-5-11/h8,11H,4-7,9H2,1-3H3. The van der Waals surface area contributed by atoms with Crippen LogP contribution in [0.15, 0.2) is 6.07 Å². The highest BCUT2D eigenvalue weighted by Gasteiger charge is 2.20. The van der Waals surface area contributed by atoms with Crippen LogP contribution in [0.3, 0.4) is 0 Å². The maximum Gasteiger partial charge on any atom is 0.351 e. The smallest absolute Gasteiger partial charge is 0.351 e. The van der Waals surface area contributed by atoms with Crippen LogP contribution >= 0.6 is 11.3 Å². The molecular formula is C14H21NO3S. The lowest BCUT2D eigenvalue weighted by molar-refractivity contribution is 0.0600. The van der Waals surface area contributed by atoms with Gasteiger partial charge in [-0.25, -0.2) is 4.79 Å². The van der Waals surface area contributed by atoms with Gasteiger partial charge in [0.15, 0.2) is 4.88 Å². The van der Waals surface area contributed by atoms with E-state index >= 15 is 0 Å². The van der Waals surface area contributed by atoms with Crippen LogP contribution < -0.4 is 4.74 Å². The monoisotopic (exact) mass is 283 g/mol. The van der Waals surface area contributed by atoms with E-state index in [0.29, 0.717) is 23.2 Å². The average molecular weight is 283 g/mol. The first-order chi connectivity index (χ1) is 9.10. The first-order valence-electron chi connectivity index (χ1n) is 6.60. The minimum Gasteiger partial charge on any atom is -0.491 e. The van der Waals surface area contributed by atoms with Crippen molar-refractivity contribution in [2.24, 2.45) is 5.92 Å². The molecule has 0 saturated carbocycles. The fraction of sp³-hybridized carbons (Fsp3) is 0.643. The molecule has 106 valence electrons. The van der Waals surface area contributed by atoms with Gasteiger partial charge in [0.2, 0.25) is 0 Å². The number of esters is 1. The molecule has 0 aromatic carbocycles. The van der Waals surface area contributed by atoms with E-state index in [1.54, 1.807) is 0 Å². The van der Waals surface area contributed by atoms with Gasteiger partial charge in [-0.05, 0) is 51.9 Å². The summed E-state index contributed by atoms with van der Waals surface area (Å²) in [4.78, 5) is 15.6. The molecule has 1 aliphatic heterocycles. The number of hydrogen-bond acceptors (Lipinski definition) is 5. The molecule has 19 heavy (non-hydrogen) atoms. The molecule has 2 rings (SSSR count). The number of piperidine rings is 1. The summed E-state index contributed by atoms with van der Waals surface area (Å²) in [5.74, 6) is 0.951. The molecule has 1 saturated heterocycles. The molecule has 1 aromatic heterocycles. The quantitative estimate of drug-likeness (QED) is 0.796. The molecule has 0 radical (unpaired) electrons. The zero-order valence-corrected chi connectivity index (χ0v) is 12.6. The van der Waals surface area contributed by atoms with Gasteiger partial charge in [0.05, 0.1) is 13.7 Å². The van der Waals surface area contributed by atoms with Crippen LogP contribution in [0, 0.1) is 12.8 Å². The van der Waals surface area contributed by atoms with Gasteiger partial charge in [-0.1, -0.05) is 0 Å². The minimum absolute atomic E-state index is 0.309. The molecule has 5 heteroatoms. The Labute approximate surface area is 118 Å². The third-order valence-corrected chi connectivity index (χ3v) is 4.52. The van der Waals surface area contributed by atoms with E-state index < -0.39 is 0 Å². The van der Waals surface area contributed by atoms with Gasteiger partial charge in [0.25, 0.3) is 0 Å². The van der Waals surface area contributed by atoms with Crippen molar-refractivity contribution < 1.29 is 14.3 Å². The maximum atomic E-state index is 11.6. The normalized spacial score (nSPS) is 17.4. The van der Waals surface area contributed by atoms with Crippen molar-refractivity contribution in [2.45, 2.75) is 19.8 Å². The summed E-state index contributed by atoms with van der Waals surface area (Å²) >= 11 is 1.43. The molecule has 0 aliphatic carbocycles. The van der Waals surface area contributed by atoms with Gasteiger partial charge in [0, 0.05) is 4.88 Å². The van der Waals surface area contributed by atoms with Gasteiger partial charge in [0.1, 0.15) is 5.75 Å². The van der Waals surface area contributed by atoms with Crippen LogP contribution in [0.1, 0.15) is 27.4 Å². The van der Waals surface area contributed by atoms with Gasteiger partial charge in [-0.3, -0.25) is 0 Å². The zero-order valence-electron chi connectivity index (χ0n) is 11.8. The van der Waals surface area contributed by atoms with Crippen molar-refractivity contribution >= 4 is 17.3 Å². The number of aryl methyl sites for hydroxylation is 1. The molecule has 0 bridgehead atoms. The van der Waals surface area contributed by atoms with Gasteiger partial charge in [-0.2, -0.15) is 0 Å². The van der Waals surface area contributed by atoms with E-state index in [-0.39, 0.29) is 5.97 Å². The van der Waals surface area contributed by atoms with Crippen molar-refractivity contribution in [2.75, 3.05) is 33.9 Å². The Morgan fingerprint density at radius 3 is 2.79 bits per heavy atom. The Morgan fingerprint density at radius 2 is 2.16 bits per heavy atom. The summed E-state index contributed by atoms with van der Waals surface area (Å²) in [5, 5.41) is 0. The summed E-state index contributed by atoms with van der Waals surface area (Å²) in [6, 6.07) is 1.92. The highest BCUT2D eigenvalue weighted by molar-refractivity contribution is 7.14. The van der Waals surface area contributed by atoms with Crippen LogP contribution in [0.4, 0.5) is 0 Å². The van der Waals surface area contributed by atoms with Crippen LogP contribution in [0.5, 0.6) is 5.75 Å². The summed E-state index contributed by atoms with van der Waals surface area (Å²) in [6.07, 6.45) is 2.32. The molecule has 0 amide bonds. The predicted molar refractivity (Wildman–Crippen MR) is 76.1 cm³/mol. The molecule has 1 aliphatic rings. The summed E-state index contributed by atoms with van der Waals surface area (Å²) in [7, 11) is 3.55. The lowest BCUT2D eigenvalue weighted by atomic mass is 9.98. The minimum atomic E-state index is -0.309. The third kappa shape index (κ3) is 3.70. The lowest BCUT2D eigenvalue weighted by Gasteiger charge is -2.28. The molecule has 0 spiro atoms. The molecule has 1 fully saturated rings. The van der Waals surface area contributed by atoms with Crippen LogP contribution in [-0.4, -0.2) is 44.7 Å². The van der Waals surface area contributed by atoms with Crippen LogP contribution in [0.25, 0.3) is 0 Å². The van der Waals surface area contributed by atoms with E-state index in [9.17, 15) is 4.79 Å². The second-order valence-electron chi connectivity index (χ2n) is 5.10. The topological polar surface area (TPSA) is 38.8 Å². The SMILES string of the molecule is COC(=O)c1sc(C)cc1OCC1CCN(C)CC1. The first-order valence-corrected chi connectivity index (χ1v) is 7.42. The second-order valence-corrected chi connectivity index (χ2v) is 6.36. The number of ether oxygens (including phenoxy) is 2. The number of nitrogens with zero attached hydrogens (tertiary/aromatic N) is 1. The fourth-order valence-electron chi connectivity index (χ4n) is 2.27. The van der Waals surface area contributed by atoms with E-state index in [1.807, 2.05) is 13.0 Å². The van der Waals surface area contributed by atoms with Crippen molar-refractivity contribution in [3.63, 3.8) is 0 Å². The van der Waals surface area contributed by atoms with Gasteiger partial charge < -0.3 is 14.4 Å². The molecule has 2 heterocycles. The van der Waals surface area contributed by atoms with Crippen molar-refractivity contribution in [1.29, 1.82) is 0 Å². The molecule has 0 atom stereocenters. The van der Waals surface area contributed by atoms with Crippen LogP contribution in [-0.2, 0) is 4.74 Å². The van der Waals surface area contributed by atoms with E-state index in [4.69, 9.17) is 9.47 Å². The van der Waals surface area contributed by atoms with E-state index in [2.05, 4.69) is 11.9 Å². The number of methoxy groups -OCH3 is 1. The number of carbonyl (C=O) groups is 1. The summed E-state index contributed by atoms with van der Waals surface area (Å²) < 4.78 is 10.6.